The van der Waals surface area contributed by atoms with Crippen LogP contribution >= 0.6 is 0 Å². The largest absolute Gasteiger partial charge is 0.417 e. The maximum atomic E-state index is 6.07. The zero-order valence-corrected chi connectivity index (χ0v) is 13.2. The van der Waals surface area contributed by atoms with E-state index in [0.29, 0.717) is 0 Å². The van der Waals surface area contributed by atoms with Crippen LogP contribution in [0, 0.1) is 24.2 Å². The third kappa shape index (κ3) is 4.50. The molecule has 1 rings (SSSR count). The highest BCUT2D eigenvalue weighted by Crippen LogP contribution is 2.36. The van der Waals surface area contributed by atoms with Crippen LogP contribution in [0.1, 0.15) is 33.6 Å². The quantitative estimate of drug-likeness (QED) is 0.337. The molecule has 1 saturated heterocycles. The van der Waals surface area contributed by atoms with Gasteiger partial charge in [-0.3, -0.25) is 0 Å². The summed E-state index contributed by atoms with van der Waals surface area (Å²) in [4.78, 5) is 0. The summed E-state index contributed by atoms with van der Waals surface area (Å²) in [6.07, 6.45) is 6.95. The third-order valence-corrected chi connectivity index (χ3v) is 8.15. The number of hydrogen-bond acceptors (Lipinski definition) is 2. The second kappa shape index (κ2) is 5.93. The highest BCUT2D eigenvalue weighted by atomic mass is 28.4. The molecule has 2 nitrogen and oxygen atoms in total. The highest BCUT2D eigenvalue weighted by molar-refractivity contribution is 6.74. The van der Waals surface area contributed by atoms with Crippen LogP contribution in [0.15, 0.2) is 0 Å². The van der Waals surface area contributed by atoms with E-state index in [9.17, 15) is 0 Å². The summed E-state index contributed by atoms with van der Waals surface area (Å²) < 4.78 is 11.2. The maximum Gasteiger partial charge on any atom is 0.191 e. The molecule has 0 radical (unpaired) electrons. The standard InChI is InChI=1S/C15H24O2Si/c1-7-13-14(17-13)11-9-8-10-12-16-18(5,6)15(2,3)4/h1,13-14H,8,10,12H2,2-6H3/t13-,14+/m0/s1. The zero-order valence-electron chi connectivity index (χ0n) is 12.2. The number of hydrogen-bond donors (Lipinski definition) is 0. The highest BCUT2D eigenvalue weighted by Gasteiger charge is 2.37. The van der Waals surface area contributed by atoms with E-state index in [0.717, 1.165) is 19.4 Å². The van der Waals surface area contributed by atoms with Gasteiger partial charge in [0.1, 0.15) is 0 Å². The van der Waals surface area contributed by atoms with Crippen LogP contribution in [0.2, 0.25) is 18.1 Å². The molecule has 0 bridgehead atoms. The third-order valence-electron chi connectivity index (χ3n) is 3.62. The Morgan fingerprint density at radius 2 is 1.94 bits per heavy atom. The Bertz CT molecular complexity index is 376. The summed E-state index contributed by atoms with van der Waals surface area (Å²) in [7, 11) is -1.59. The van der Waals surface area contributed by atoms with Gasteiger partial charge in [0.05, 0.1) is 0 Å². The van der Waals surface area contributed by atoms with E-state index in [-0.39, 0.29) is 17.2 Å². The van der Waals surface area contributed by atoms with Crippen LogP contribution in [-0.2, 0) is 9.16 Å². The van der Waals surface area contributed by atoms with Crippen molar-refractivity contribution >= 4 is 8.32 Å². The Balaban J connectivity index is 2.15. The van der Waals surface area contributed by atoms with Gasteiger partial charge in [-0.25, -0.2) is 0 Å². The molecular weight excluding hydrogens is 240 g/mol. The maximum absolute atomic E-state index is 6.07. The Morgan fingerprint density at radius 1 is 1.28 bits per heavy atom. The predicted molar refractivity (Wildman–Crippen MR) is 77.7 cm³/mol. The molecule has 1 heterocycles. The average Bonchev–Trinajstić information content (AvgIpc) is 3.00. The number of ether oxygens (including phenoxy) is 1. The zero-order chi connectivity index (χ0) is 13.8. The van der Waals surface area contributed by atoms with E-state index >= 15 is 0 Å². The van der Waals surface area contributed by atoms with Gasteiger partial charge in [-0.2, -0.15) is 0 Å². The van der Waals surface area contributed by atoms with Gasteiger partial charge < -0.3 is 9.16 Å². The Labute approximate surface area is 113 Å². The van der Waals surface area contributed by atoms with Crippen LogP contribution in [0.25, 0.3) is 0 Å². The SMILES string of the molecule is C#C[C@@H]1O[C@@H]1C#CCCCO[Si](C)(C)C(C)(C)C. The first kappa shape index (κ1) is 15.3. The van der Waals surface area contributed by atoms with Crippen molar-refractivity contribution in [2.45, 2.75) is 64.0 Å². The van der Waals surface area contributed by atoms with Gasteiger partial charge in [-0.1, -0.05) is 32.6 Å². The Kier molecular flexibility index (Phi) is 5.05. The average molecular weight is 264 g/mol. The molecule has 100 valence electrons. The molecule has 1 aliphatic heterocycles. The molecule has 0 spiro atoms. The lowest BCUT2D eigenvalue weighted by Gasteiger charge is -2.36. The predicted octanol–water partition coefficient (Wildman–Crippen LogP) is 3.19. The fraction of sp³-hybridized carbons (Fsp3) is 0.733. The first-order chi connectivity index (χ1) is 8.28. The first-order valence-corrected chi connectivity index (χ1v) is 9.43. The summed E-state index contributed by atoms with van der Waals surface area (Å²) in [5.41, 5.74) is 0. The van der Waals surface area contributed by atoms with Crippen molar-refractivity contribution in [3.8, 4) is 24.2 Å². The summed E-state index contributed by atoms with van der Waals surface area (Å²) in [5.74, 6) is 8.66. The first-order valence-electron chi connectivity index (χ1n) is 6.52. The lowest BCUT2D eigenvalue weighted by Crippen LogP contribution is -2.40. The van der Waals surface area contributed by atoms with Crippen molar-refractivity contribution in [2.24, 2.45) is 0 Å². The minimum absolute atomic E-state index is 0.0173. The molecule has 3 heteroatoms. The molecule has 0 saturated carbocycles. The molecule has 0 aromatic carbocycles. The number of epoxide rings is 1. The topological polar surface area (TPSA) is 21.8 Å². The lowest BCUT2D eigenvalue weighted by atomic mass is 10.2. The van der Waals surface area contributed by atoms with Gasteiger partial charge in [0, 0.05) is 13.0 Å². The summed E-state index contributed by atoms with van der Waals surface area (Å²) in [6, 6.07) is 0. The molecule has 2 atom stereocenters. The van der Waals surface area contributed by atoms with E-state index in [2.05, 4.69) is 51.6 Å². The minimum atomic E-state index is -1.59. The van der Waals surface area contributed by atoms with Gasteiger partial charge in [-0.15, -0.1) is 12.3 Å². The van der Waals surface area contributed by atoms with Crippen LogP contribution in [0.5, 0.6) is 0 Å². The number of unbranched alkanes of at least 4 members (excludes halogenated alkanes) is 1. The summed E-state index contributed by atoms with van der Waals surface area (Å²) in [5, 5.41) is 0.278. The monoisotopic (exact) mass is 264 g/mol. The van der Waals surface area contributed by atoms with Crippen molar-refractivity contribution in [2.75, 3.05) is 6.61 Å². The van der Waals surface area contributed by atoms with Crippen LogP contribution in [0.3, 0.4) is 0 Å². The van der Waals surface area contributed by atoms with Gasteiger partial charge in [0.2, 0.25) is 0 Å². The molecule has 0 aromatic heterocycles. The van der Waals surface area contributed by atoms with E-state index < -0.39 is 8.32 Å². The van der Waals surface area contributed by atoms with Crippen molar-refractivity contribution in [3.63, 3.8) is 0 Å². The number of terminal acetylenes is 1. The summed E-state index contributed by atoms with van der Waals surface area (Å²) in [6.45, 7) is 12.1. The second-order valence-electron chi connectivity index (χ2n) is 6.18. The van der Waals surface area contributed by atoms with Gasteiger partial charge >= 0.3 is 0 Å². The molecule has 0 N–H and O–H groups in total. The van der Waals surface area contributed by atoms with Crippen LogP contribution in [0.4, 0.5) is 0 Å². The molecule has 1 fully saturated rings. The Morgan fingerprint density at radius 3 is 2.44 bits per heavy atom. The normalized spacial score (nSPS) is 22.9. The van der Waals surface area contributed by atoms with E-state index in [1.807, 2.05) is 0 Å². The van der Waals surface area contributed by atoms with Crippen molar-refractivity contribution in [1.29, 1.82) is 0 Å². The van der Waals surface area contributed by atoms with Gasteiger partial charge in [0.25, 0.3) is 0 Å². The molecule has 0 unspecified atom stereocenters. The van der Waals surface area contributed by atoms with Gasteiger partial charge in [0.15, 0.2) is 20.5 Å². The van der Waals surface area contributed by atoms with Crippen LogP contribution in [-0.4, -0.2) is 27.1 Å². The van der Waals surface area contributed by atoms with E-state index in [1.54, 1.807) is 0 Å². The molecular formula is C15H24O2Si. The fourth-order valence-corrected chi connectivity index (χ4v) is 2.31. The Hall–Kier alpha value is -0.743. The van der Waals surface area contributed by atoms with E-state index in [4.69, 9.17) is 15.6 Å². The molecule has 0 amide bonds. The smallest absolute Gasteiger partial charge is 0.191 e. The van der Waals surface area contributed by atoms with Crippen molar-refractivity contribution in [1.82, 2.24) is 0 Å². The lowest BCUT2D eigenvalue weighted by molar-refractivity contribution is 0.284. The second-order valence-corrected chi connectivity index (χ2v) is 11.0. The van der Waals surface area contributed by atoms with E-state index in [1.165, 1.54) is 0 Å². The molecule has 0 aromatic rings. The molecule has 18 heavy (non-hydrogen) atoms. The van der Waals surface area contributed by atoms with Crippen molar-refractivity contribution < 1.29 is 9.16 Å². The molecule has 1 aliphatic rings. The van der Waals surface area contributed by atoms with Crippen LogP contribution < -0.4 is 0 Å². The fourth-order valence-electron chi connectivity index (χ4n) is 1.23. The summed E-state index contributed by atoms with van der Waals surface area (Å²) >= 11 is 0. The van der Waals surface area contributed by atoms with Gasteiger partial charge in [-0.05, 0) is 24.6 Å². The minimum Gasteiger partial charge on any atom is -0.417 e. The number of rotatable bonds is 4. The molecule has 0 aliphatic carbocycles. The van der Waals surface area contributed by atoms with Crippen molar-refractivity contribution in [3.05, 3.63) is 0 Å².